The molecule has 2 heterocycles. The Hall–Kier alpha value is -1.89. The van der Waals surface area contributed by atoms with Gasteiger partial charge in [0.2, 0.25) is 0 Å². The lowest BCUT2D eigenvalue weighted by atomic mass is 10.3. The highest BCUT2D eigenvalue weighted by Gasteiger charge is 2.14. The van der Waals surface area contributed by atoms with Crippen LogP contribution in [0.15, 0.2) is 15.9 Å². The molecular formula is C16H27N5O2. The number of fused-ring (bicyclic) bond motifs is 1. The summed E-state index contributed by atoms with van der Waals surface area (Å²) in [6.07, 6.45) is 4.59. The summed E-state index contributed by atoms with van der Waals surface area (Å²) in [7, 11) is 3.43. The molecule has 0 spiro atoms. The van der Waals surface area contributed by atoms with Crippen LogP contribution < -0.4 is 11.2 Å². The van der Waals surface area contributed by atoms with Crippen LogP contribution in [0.4, 0.5) is 0 Å². The van der Waals surface area contributed by atoms with Crippen LogP contribution in [0.1, 0.15) is 33.1 Å². The predicted octanol–water partition coefficient (Wildman–Crippen LogP) is 0.946. The van der Waals surface area contributed by atoms with E-state index in [4.69, 9.17) is 0 Å². The first-order valence-electron chi connectivity index (χ1n) is 8.34. The topological polar surface area (TPSA) is 65.1 Å². The van der Waals surface area contributed by atoms with Gasteiger partial charge in [0, 0.05) is 20.6 Å². The van der Waals surface area contributed by atoms with Crippen molar-refractivity contribution in [3.63, 3.8) is 0 Å². The summed E-state index contributed by atoms with van der Waals surface area (Å²) in [5, 5.41) is 0. The molecule has 2 rings (SSSR count). The standard InChI is InChI=1S/C16H27N5O2/c1-5-8-20(9-6-2)10-7-11-21-15(22)13-14(17-12-18(13)3)19(4)16(21)23/h12H,5-11H2,1-4H3. The van der Waals surface area contributed by atoms with E-state index in [1.807, 2.05) is 0 Å². The van der Waals surface area contributed by atoms with Crippen LogP contribution in [0.2, 0.25) is 0 Å². The summed E-state index contributed by atoms with van der Waals surface area (Å²) in [5.74, 6) is 0. The van der Waals surface area contributed by atoms with Gasteiger partial charge >= 0.3 is 5.69 Å². The quantitative estimate of drug-likeness (QED) is 0.726. The highest BCUT2D eigenvalue weighted by molar-refractivity contribution is 5.69. The summed E-state index contributed by atoms with van der Waals surface area (Å²) in [6.45, 7) is 7.79. The summed E-state index contributed by atoms with van der Waals surface area (Å²) in [4.78, 5) is 31.5. The minimum Gasteiger partial charge on any atom is -0.328 e. The smallest absolute Gasteiger partial charge is 0.328 e. The molecule has 0 N–H and O–H groups in total. The molecule has 2 aromatic heterocycles. The summed E-state index contributed by atoms with van der Waals surface area (Å²) >= 11 is 0. The van der Waals surface area contributed by atoms with Crippen molar-refractivity contribution in [2.24, 2.45) is 14.1 Å². The van der Waals surface area contributed by atoms with Crippen molar-refractivity contribution in [2.45, 2.75) is 39.7 Å². The van der Waals surface area contributed by atoms with Crippen LogP contribution in [-0.2, 0) is 20.6 Å². The lowest BCUT2D eigenvalue weighted by Gasteiger charge is -2.20. The highest BCUT2D eigenvalue weighted by Crippen LogP contribution is 2.03. The molecule has 0 radical (unpaired) electrons. The summed E-state index contributed by atoms with van der Waals surface area (Å²) in [6, 6.07) is 0. The van der Waals surface area contributed by atoms with Crippen LogP contribution in [0.25, 0.3) is 11.2 Å². The number of hydrogen-bond donors (Lipinski definition) is 0. The minimum atomic E-state index is -0.293. The first-order valence-corrected chi connectivity index (χ1v) is 8.34. The second kappa shape index (κ2) is 7.59. The Bertz CT molecular complexity index is 765. The van der Waals surface area contributed by atoms with Crippen LogP contribution in [0, 0.1) is 0 Å². The first kappa shape index (κ1) is 17.5. The van der Waals surface area contributed by atoms with Crippen molar-refractivity contribution in [1.82, 2.24) is 23.6 Å². The molecule has 0 fully saturated rings. The Morgan fingerprint density at radius 1 is 1.09 bits per heavy atom. The van der Waals surface area contributed by atoms with Gasteiger partial charge in [0.1, 0.15) is 0 Å². The van der Waals surface area contributed by atoms with E-state index in [2.05, 4.69) is 23.7 Å². The van der Waals surface area contributed by atoms with Crippen molar-refractivity contribution in [1.29, 1.82) is 0 Å². The van der Waals surface area contributed by atoms with Gasteiger partial charge < -0.3 is 9.47 Å². The molecule has 7 nitrogen and oxygen atoms in total. The molecule has 0 unspecified atom stereocenters. The van der Waals surface area contributed by atoms with E-state index in [1.165, 1.54) is 9.13 Å². The monoisotopic (exact) mass is 321 g/mol. The Balaban J connectivity index is 2.22. The molecule has 0 aliphatic rings. The molecule has 0 aromatic carbocycles. The molecule has 0 aliphatic carbocycles. The van der Waals surface area contributed by atoms with E-state index >= 15 is 0 Å². The van der Waals surface area contributed by atoms with Gasteiger partial charge in [-0.3, -0.25) is 13.9 Å². The van der Waals surface area contributed by atoms with E-state index in [-0.39, 0.29) is 11.2 Å². The van der Waals surface area contributed by atoms with Crippen LogP contribution >= 0.6 is 0 Å². The zero-order chi connectivity index (χ0) is 17.0. The second-order valence-electron chi connectivity index (χ2n) is 6.02. The molecule has 128 valence electrons. The van der Waals surface area contributed by atoms with Gasteiger partial charge in [-0.1, -0.05) is 13.8 Å². The Labute approximate surface area is 136 Å². The first-order chi connectivity index (χ1) is 11.0. The predicted molar refractivity (Wildman–Crippen MR) is 91.9 cm³/mol. The van der Waals surface area contributed by atoms with Crippen molar-refractivity contribution in [3.8, 4) is 0 Å². The van der Waals surface area contributed by atoms with Crippen molar-refractivity contribution in [2.75, 3.05) is 19.6 Å². The lowest BCUT2D eigenvalue weighted by Crippen LogP contribution is -2.40. The van der Waals surface area contributed by atoms with E-state index in [0.717, 1.165) is 38.9 Å². The Morgan fingerprint density at radius 2 is 1.74 bits per heavy atom. The molecule has 0 aliphatic heterocycles. The number of hydrogen-bond acceptors (Lipinski definition) is 4. The molecule has 23 heavy (non-hydrogen) atoms. The maximum absolute atomic E-state index is 12.6. The Kier molecular flexibility index (Phi) is 5.76. The molecule has 0 saturated carbocycles. The zero-order valence-electron chi connectivity index (χ0n) is 14.6. The molecule has 7 heteroatoms. The summed E-state index contributed by atoms with van der Waals surface area (Å²) < 4.78 is 4.46. The van der Waals surface area contributed by atoms with Crippen molar-refractivity contribution in [3.05, 3.63) is 27.2 Å². The summed E-state index contributed by atoms with van der Waals surface area (Å²) in [5.41, 5.74) is 0.378. The van der Waals surface area contributed by atoms with E-state index in [0.29, 0.717) is 17.7 Å². The van der Waals surface area contributed by atoms with E-state index in [1.54, 1.807) is 25.0 Å². The molecule has 0 bridgehead atoms. The van der Waals surface area contributed by atoms with Gasteiger partial charge in [0.25, 0.3) is 5.56 Å². The van der Waals surface area contributed by atoms with Gasteiger partial charge in [0.05, 0.1) is 6.33 Å². The van der Waals surface area contributed by atoms with Gasteiger partial charge in [0.15, 0.2) is 11.2 Å². The molecule has 0 amide bonds. The van der Waals surface area contributed by atoms with Crippen LogP contribution in [0.5, 0.6) is 0 Å². The number of aryl methyl sites for hydroxylation is 2. The third-order valence-corrected chi connectivity index (χ3v) is 4.14. The fourth-order valence-corrected chi connectivity index (χ4v) is 3.01. The molecule has 2 aromatic rings. The SMILES string of the molecule is CCCN(CCC)CCCn1c(=O)c2c(ncn2C)n(C)c1=O. The third-order valence-electron chi connectivity index (χ3n) is 4.14. The van der Waals surface area contributed by atoms with E-state index in [9.17, 15) is 9.59 Å². The van der Waals surface area contributed by atoms with Gasteiger partial charge in [-0.25, -0.2) is 9.78 Å². The van der Waals surface area contributed by atoms with Gasteiger partial charge in [-0.05, 0) is 38.9 Å². The zero-order valence-corrected chi connectivity index (χ0v) is 14.6. The lowest BCUT2D eigenvalue weighted by molar-refractivity contribution is 0.265. The maximum atomic E-state index is 12.6. The van der Waals surface area contributed by atoms with Crippen molar-refractivity contribution < 1.29 is 0 Å². The number of aromatic nitrogens is 4. The molecule has 0 atom stereocenters. The van der Waals surface area contributed by atoms with Gasteiger partial charge in [-0.15, -0.1) is 0 Å². The van der Waals surface area contributed by atoms with Crippen LogP contribution in [0.3, 0.4) is 0 Å². The third kappa shape index (κ3) is 3.55. The average molecular weight is 321 g/mol. The number of nitrogens with zero attached hydrogens (tertiary/aromatic N) is 5. The highest BCUT2D eigenvalue weighted by atomic mass is 16.2. The molecule has 0 saturated heterocycles. The Morgan fingerprint density at radius 3 is 2.35 bits per heavy atom. The average Bonchev–Trinajstić information content (AvgIpc) is 2.91. The minimum absolute atomic E-state index is 0.249. The van der Waals surface area contributed by atoms with Gasteiger partial charge in [-0.2, -0.15) is 0 Å². The van der Waals surface area contributed by atoms with Crippen molar-refractivity contribution >= 4 is 11.2 Å². The fraction of sp³-hybridized carbons (Fsp3) is 0.688. The fourth-order valence-electron chi connectivity index (χ4n) is 3.01. The maximum Gasteiger partial charge on any atom is 0.332 e. The van der Waals surface area contributed by atoms with E-state index < -0.39 is 0 Å². The number of imidazole rings is 1. The second-order valence-corrected chi connectivity index (χ2v) is 6.02. The molecular weight excluding hydrogens is 294 g/mol. The number of rotatable bonds is 8. The normalized spacial score (nSPS) is 11.7. The van der Waals surface area contributed by atoms with Crippen LogP contribution in [-0.4, -0.2) is 43.2 Å². The largest absolute Gasteiger partial charge is 0.332 e.